The summed E-state index contributed by atoms with van der Waals surface area (Å²) in [5.41, 5.74) is 0. The van der Waals surface area contributed by atoms with Crippen LogP contribution in [-0.2, 0) is 10.0 Å². The lowest BCUT2D eigenvalue weighted by Crippen LogP contribution is -2.39. The quantitative estimate of drug-likeness (QED) is 0.673. The Hall–Kier alpha value is 0.390. The second kappa shape index (κ2) is 6.80. The summed E-state index contributed by atoms with van der Waals surface area (Å²) >= 11 is 3.31. The van der Waals surface area contributed by atoms with Crippen molar-refractivity contribution in [2.45, 2.75) is 39.7 Å². The van der Waals surface area contributed by atoms with Crippen LogP contribution in [0.1, 0.15) is 33.6 Å². The van der Waals surface area contributed by atoms with Crippen LogP contribution in [0.2, 0.25) is 0 Å². The van der Waals surface area contributed by atoms with Crippen LogP contribution in [0.4, 0.5) is 0 Å². The van der Waals surface area contributed by atoms with Crippen LogP contribution in [0, 0.1) is 0 Å². The van der Waals surface area contributed by atoms with Gasteiger partial charge in [-0.3, -0.25) is 0 Å². The van der Waals surface area contributed by atoms with E-state index in [1.54, 1.807) is 4.31 Å². The molecule has 0 saturated carbocycles. The Morgan fingerprint density at radius 3 is 2.29 bits per heavy atom. The minimum absolute atomic E-state index is 0.0607. The molecule has 0 aliphatic heterocycles. The molecule has 0 radical (unpaired) electrons. The molecule has 0 aromatic rings. The Morgan fingerprint density at radius 1 is 1.36 bits per heavy atom. The van der Waals surface area contributed by atoms with E-state index < -0.39 is 10.0 Å². The summed E-state index contributed by atoms with van der Waals surface area (Å²) in [6.07, 6.45) is 1.54. The normalized spacial score (nSPS) is 12.7. The summed E-state index contributed by atoms with van der Waals surface area (Å²) in [4.78, 5) is 0. The van der Waals surface area contributed by atoms with E-state index in [4.69, 9.17) is 0 Å². The monoisotopic (exact) mass is 285 g/mol. The van der Waals surface area contributed by atoms with Crippen molar-refractivity contribution in [2.75, 3.05) is 17.6 Å². The van der Waals surface area contributed by atoms with Gasteiger partial charge in [0.15, 0.2) is 0 Å². The molecular formula is C9H20BrNO2S. The molecule has 0 aromatic heterocycles. The van der Waals surface area contributed by atoms with Gasteiger partial charge in [-0.2, -0.15) is 4.31 Å². The molecular weight excluding hydrogens is 266 g/mol. The number of hydrogen-bond acceptors (Lipinski definition) is 2. The van der Waals surface area contributed by atoms with Crippen LogP contribution in [-0.4, -0.2) is 36.4 Å². The summed E-state index contributed by atoms with van der Waals surface area (Å²) in [5.74, 6) is 0.257. The predicted molar refractivity (Wildman–Crippen MR) is 64.3 cm³/mol. The van der Waals surface area contributed by atoms with Gasteiger partial charge in [0.05, 0.1) is 5.75 Å². The van der Waals surface area contributed by atoms with Crippen LogP contribution >= 0.6 is 15.9 Å². The van der Waals surface area contributed by atoms with E-state index >= 15 is 0 Å². The van der Waals surface area contributed by atoms with Crippen molar-refractivity contribution in [3.8, 4) is 0 Å². The number of alkyl halides is 1. The average molecular weight is 286 g/mol. The molecule has 0 rings (SSSR count). The fourth-order valence-corrected chi connectivity index (χ4v) is 3.36. The van der Waals surface area contributed by atoms with Crippen LogP contribution in [0.15, 0.2) is 0 Å². The third-order valence-electron chi connectivity index (χ3n) is 1.91. The minimum Gasteiger partial charge on any atom is -0.212 e. The first-order valence-electron chi connectivity index (χ1n) is 5.01. The molecule has 0 saturated heterocycles. The van der Waals surface area contributed by atoms with Gasteiger partial charge in [0.2, 0.25) is 10.0 Å². The Labute approximate surface area is 96.0 Å². The maximum Gasteiger partial charge on any atom is 0.214 e. The summed E-state index contributed by atoms with van der Waals surface area (Å²) in [7, 11) is -3.03. The Morgan fingerprint density at radius 2 is 1.93 bits per heavy atom. The first kappa shape index (κ1) is 14.4. The largest absolute Gasteiger partial charge is 0.214 e. The fraction of sp³-hybridized carbons (Fsp3) is 1.00. The highest BCUT2D eigenvalue weighted by Crippen LogP contribution is 2.10. The maximum absolute atomic E-state index is 11.8. The van der Waals surface area contributed by atoms with Gasteiger partial charge < -0.3 is 0 Å². The number of rotatable bonds is 7. The molecule has 0 unspecified atom stereocenters. The summed E-state index contributed by atoms with van der Waals surface area (Å²) in [6, 6.07) is 0.0607. The van der Waals surface area contributed by atoms with Crippen molar-refractivity contribution >= 4 is 26.0 Å². The van der Waals surface area contributed by atoms with Gasteiger partial charge in [0.1, 0.15) is 0 Å². The van der Waals surface area contributed by atoms with Gasteiger partial charge in [0, 0.05) is 17.9 Å². The highest BCUT2D eigenvalue weighted by atomic mass is 79.9. The van der Waals surface area contributed by atoms with Crippen LogP contribution in [0.3, 0.4) is 0 Å². The second-order valence-corrected chi connectivity index (χ2v) is 6.40. The van der Waals surface area contributed by atoms with E-state index in [2.05, 4.69) is 15.9 Å². The molecule has 0 aliphatic carbocycles. The van der Waals surface area contributed by atoms with Crippen molar-refractivity contribution in [1.29, 1.82) is 0 Å². The van der Waals surface area contributed by atoms with E-state index in [0.717, 1.165) is 11.8 Å². The first-order chi connectivity index (χ1) is 6.45. The molecule has 0 heterocycles. The van der Waals surface area contributed by atoms with E-state index in [1.165, 1.54) is 0 Å². The average Bonchev–Trinajstić information content (AvgIpc) is 2.03. The molecule has 0 spiro atoms. The van der Waals surface area contributed by atoms with E-state index in [-0.39, 0.29) is 11.8 Å². The van der Waals surface area contributed by atoms with Gasteiger partial charge in [-0.05, 0) is 26.7 Å². The van der Waals surface area contributed by atoms with Gasteiger partial charge in [0.25, 0.3) is 0 Å². The van der Waals surface area contributed by atoms with Crippen LogP contribution in [0.25, 0.3) is 0 Å². The van der Waals surface area contributed by atoms with Crippen molar-refractivity contribution in [3.63, 3.8) is 0 Å². The predicted octanol–water partition coefficient (Wildman–Crippen LogP) is 2.22. The van der Waals surface area contributed by atoms with E-state index in [9.17, 15) is 8.42 Å². The molecule has 0 atom stereocenters. The SMILES string of the molecule is CCCS(=O)(=O)N(CCCBr)C(C)C. The lowest BCUT2D eigenvalue weighted by Gasteiger charge is -2.25. The zero-order valence-corrected chi connectivity index (χ0v) is 11.6. The fourth-order valence-electron chi connectivity index (χ4n) is 1.31. The highest BCUT2D eigenvalue weighted by molar-refractivity contribution is 9.09. The van der Waals surface area contributed by atoms with Crippen molar-refractivity contribution in [2.24, 2.45) is 0 Å². The zero-order chi connectivity index (χ0) is 11.2. The topological polar surface area (TPSA) is 37.4 Å². The number of sulfonamides is 1. The third kappa shape index (κ3) is 4.75. The number of hydrogen-bond donors (Lipinski definition) is 0. The molecule has 0 aromatic carbocycles. The first-order valence-corrected chi connectivity index (χ1v) is 7.74. The molecule has 14 heavy (non-hydrogen) atoms. The summed E-state index contributed by atoms with van der Waals surface area (Å²) in [5, 5.41) is 0.845. The maximum atomic E-state index is 11.8. The van der Waals surface area contributed by atoms with Crippen molar-refractivity contribution in [3.05, 3.63) is 0 Å². The molecule has 3 nitrogen and oxygen atoms in total. The summed E-state index contributed by atoms with van der Waals surface area (Å²) < 4.78 is 25.2. The lowest BCUT2D eigenvalue weighted by atomic mass is 10.4. The minimum atomic E-state index is -3.03. The lowest BCUT2D eigenvalue weighted by molar-refractivity contribution is 0.355. The van der Waals surface area contributed by atoms with Gasteiger partial charge in [-0.1, -0.05) is 22.9 Å². The molecule has 5 heteroatoms. The second-order valence-electron chi connectivity index (χ2n) is 3.56. The number of nitrogens with zero attached hydrogens (tertiary/aromatic N) is 1. The Balaban J connectivity index is 4.48. The molecule has 0 aliphatic rings. The highest BCUT2D eigenvalue weighted by Gasteiger charge is 2.22. The Kier molecular flexibility index (Phi) is 6.99. The molecule has 0 amide bonds. The molecule has 86 valence electrons. The van der Waals surface area contributed by atoms with E-state index in [0.29, 0.717) is 13.0 Å². The molecule has 0 fully saturated rings. The molecule has 0 N–H and O–H groups in total. The summed E-state index contributed by atoms with van der Waals surface area (Å²) in [6.45, 7) is 6.34. The van der Waals surface area contributed by atoms with Gasteiger partial charge in [-0.25, -0.2) is 8.42 Å². The van der Waals surface area contributed by atoms with Crippen LogP contribution < -0.4 is 0 Å². The van der Waals surface area contributed by atoms with Crippen molar-refractivity contribution < 1.29 is 8.42 Å². The zero-order valence-electron chi connectivity index (χ0n) is 9.16. The third-order valence-corrected chi connectivity index (χ3v) is 4.71. The standard InChI is InChI=1S/C9H20BrNO2S/c1-4-8-14(12,13)11(9(2)3)7-5-6-10/h9H,4-8H2,1-3H3. The van der Waals surface area contributed by atoms with Gasteiger partial charge in [-0.15, -0.1) is 0 Å². The number of halogens is 1. The van der Waals surface area contributed by atoms with Crippen molar-refractivity contribution in [1.82, 2.24) is 4.31 Å². The molecule has 0 bridgehead atoms. The smallest absolute Gasteiger partial charge is 0.212 e. The van der Waals surface area contributed by atoms with E-state index in [1.807, 2.05) is 20.8 Å². The van der Waals surface area contributed by atoms with Crippen LogP contribution in [0.5, 0.6) is 0 Å². The van der Waals surface area contributed by atoms with Gasteiger partial charge >= 0.3 is 0 Å². The Bertz CT molecular complexity index is 239.